The van der Waals surface area contributed by atoms with Gasteiger partial charge in [0, 0.05) is 27.5 Å². The van der Waals surface area contributed by atoms with Crippen LogP contribution in [0.15, 0.2) is 57.3 Å². The van der Waals surface area contributed by atoms with Crippen LogP contribution in [0.1, 0.15) is 23.5 Å². The molecule has 3 rings (SSSR count). The number of carbonyl (C=O) groups excluding carboxylic acids is 1. The van der Waals surface area contributed by atoms with E-state index in [4.69, 9.17) is 15.0 Å². The van der Waals surface area contributed by atoms with Crippen LogP contribution >= 0.6 is 22.6 Å². The zero-order chi connectivity index (χ0) is 20.3. The molecular formula is C17H16IN5O5. The molecule has 2 heterocycles. The van der Waals surface area contributed by atoms with E-state index in [1.807, 2.05) is 22.6 Å². The van der Waals surface area contributed by atoms with E-state index in [-0.39, 0.29) is 4.43 Å². The number of H-pyrrole nitrogens is 1. The fraction of sp³-hybridized carbons (Fsp3) is 0.353. The number of nitrogens with zero attached hydrogens (tertiary/aromatic N) is 4. The molecule has 1 unspecified atom stereocenters. The van der Waals surface area contributed by atoms with Crippen LogP contribution in [0, 0.1) is 5.92 Å². The van der Waals surface area contributed by atoms with Gasteiger partial charge in [-0.05, 0) is 17.7 Å². The molecule has 0 radical (unpaired) electrons. The van der Waals surface area contributed by atoms with Crippen molar-refractivity contribution in [1.82, 2.24) is 9.55 Å². The van der Waals surface area contributed by atoms with Crippen molar-refractivity contribution in [2.45, 2.75) is 25.0 Å². The van der Waals surface area contributed by atoms with Crippen LogP contribution in [-0.4, -0.2) is 31.8 Å². The van der Waals surface area contributed by atoms with E-state index < -0.39 is 41.2 Å². The Labute approximate surface area is 172 Å². The molecule has 0 bridgehead atoms. The van der Waals surface area contributed by atoms with Crippen LogP contribution in [0.3, 0.4) is 0 Å². The maximum Gasteiger partial charge on any atom is 0.338 e. The number of alkyl halides is 1. The lowest BCUT2D eigenvalue weighted by molar-refractivity contribution is -0.0812. The minimum Gasteiger partial charge on any atom is -0.454 e. The van der Waals surface area contributed by atoms with Gasteiger partial charge in [0.15, 0.2) is 18.1 Å². The number of esters is 1. The first-order valence-corrected chi connectivity index (χ1v) is 9.82. The number of aromatic nitrogens is 2. The topological polar surface area (TPSA) is 139 Å². The van der Waals surface area contributed by atoms with Crippen LogP contribution in [0.2, 0.25) is 0 Å². The van der Waals surface area contributed by atoms with Crippen molar-refractivity contribution in [2.75, 3.05) is 4.43 Å². The highest BCUT2D eigenvalue weighted by Crippen LogP contribution is 2.45. The highest BCUT2D eigenvalue weighted by molar-refractivity contribution is 14.1. The maximum absolute atomic E-state index is 12.6. The number of halogens is 1. The summed E-state index contributed by atoms with van der Waals surface area (Å²) in [7, 11) is 0. The number of nitrogens with one attached hydrogen (secondary N) is 1. The molecule has 1 fully saturated rings. The highest BCUT2D eigenvalue weighted by Gasteiger charge is 2.55. The smallest absolute Gasteiger partial charge is 0.338 e. The third kappa shape index (κ3) is 3.68. The van der Waals surface area contributed by atoms with Crippen LogP contribution in [-0.2, 0) is 9.47 Å². The minimum absolute atomic E-state index is 0.268. The van der Waals surface area contributed by atoms with Crippen molar-refractivity contribution in [1.29, 1.82) is 0 Å². The van der Waals surface area contributed by atoms with Crippen molar-refractivity contribution in [3.8, 4) is 0 Å². The molecule has 1 aliphatic rings. The second kappa shape index (κ2) is 8.17. The SMILES string of the molecule is C[C@H]1C(OC(=O)c2ccccc2)[C@H](n2ccc(=O)[nH]c2=O)O[C@@]1(CI)N=[N+]=[N-]. The number of benzene rings is 1. The van der Waals surface area contributed by atoms with Gasteiger partial charge in [0.2, 0.25) is 0 Å². The van der Waals surface area contributed by atoms with Gasteiger partial charge in [-0.25, -0.2) is 9.59 Å². The summed E-state index contributed by atoms with van der Waals surface area (Å²) in [5.41, 5.74) is 6.70. The Hall–Kier alpha value is -2.63. The van der Waals surface area contributed by atoms with Crippen molar-refractivity contribution in [3.63, 3.8) is 0 Å². The number of hydrogen-bond donors (Lipinski definition) is 1. The third-order valence-electron chi connectivity index (χ3n) is 4.59. The monoisotopic (exact) mass is 497 g/mol. The number of hydrogen-bond acceptors (Lipinski definition) is 6. The van der Waals surface area contributed by atoms with E-state index in [0.29, 0.717) is 5.56 Å². The van der Waals surface area contributed by atoms with Gasteiger partial charge in [-0.2, -0.15) is 0 Å². The lowest BCUT2D eigenvalue weighted by Gasteiger charge is -2.25. The highest BCUT2D eigenvalue weighted by atomic mass is 127. The van der Waals surface area contributed by atoms with Crippen LogP contribution in [0.4, 0.5) is 0 Å². The van der Waals surface area contributed by atoms with Gasteiger partial charge in [0.1, 0.15) is 0 Å². The molecule has 1 aromatic heterocycles. The number of azide groups is 1. The minimum atomic E-state index is -1.32. The number of ether oxygens (including phenoxy) is 2. The van der Waals surface area contributed by atoms with Gasteiger partial charge < -0.3 is 9.47 Å². The van der Waals surface area contributed by atoms with Gasteiger partial charge in [0.05, 0.1) is 5.56 Å². The van der Waals surface area contributed by atoms with Gasteiger partial charge in [0.25, 0.3) is 5.56 Å². The first-order valence-electron chi connectivity index (χ1n) is 8.29. The molecular weight excluding hydrogens is 481 g/mol. The predicted octanol–water partition coefficient (Wildman–Crippen LogP) is 2.37. The molecule has 4 atom stereocenters. The van der Waals surface area contributed by atoms with E-state index >= 15 is 0 Å². The van der Waals surface area contributed by atoms with Gasteiger partial charge >= 0.3 is 11.7 Å². The second-order valence-corrected chi connectivity index (χ2v) is 6.98. The fourth-order valence-electron chi connectivity index (χ4n) is 3.03. The van der Waals surface area contributed by atoms with Crippen molar-refractivity contribution in [3.05, 3.63) is 79.4 Å². The molecule has 0 saturated carbocycles. The molecule has 1 saturated heterocycles. The molecule has 0 aliphatic carbocycles. The van der Waals surface area contributed by atoms with Crippen LogP contribution < -0.4 is 11.2 Å². The first kappa shape index (κ1) is 20.1. The van der Waals surface area contributed by atoms with Crippen molar-refractivity contribution >= 4 is 28.6 Å². The van der Waals surface area contributed by atoms with E-state index in [9.17, 15) is 14.4 Å². The third-order valence-corrected chi connectivity index (χ3v) is 5.69. The van der Waals surface area contributed by atoms with E-state index in [2.05, 4.69) is 15.0 Å². The van der Waals surface area contributed by atoms with Crippen LogP contribution in [0.25, 0.3) is 10.4 Å². The molecule has 10 nitrogen and oxygen atoms in total. The maximum atomic E-state index is 12.6. The molecule has 2 aromatic rings. The largest absolute Gasteiger partial charge is 0.454 e. The summed E-state index contributed by atoms with van der Waals surface area (Å²) in [4.78, 5) is 41.3. The standard InChI is InChI=1S/C17H16IN5O5/c1-10-13(27-15(25)11-5-3-2-4-6-11)14(28-17(10,9-18)21-22-19)23-8-7-12(24)20-16(23)26/h2-8,10,13-14H,9H2,1H3,(H,20,24,26)/t10-,13?,14+,17+/m0/s1. The Bertz CT molecular complexity index is 1030. The Balaban J connectivity index is 2.03. The summed E-state index contributed by atoms with van der Waals surface area (Å²) in [6.07, 6.45) is -0.759. The summed E-state index contributed by atoms with van der Waals surface area (Å²) in [6, 6.07) is 9.52. The summed E-state index contributed by atoms with van der Waals surface area (Å²) < 4.78 is 13.0. The molecule has 146 valence electrons. The normalized spacial score (nSPS) is 26.4. The summed E-state index contributed by atoms with van der Waals surface area (Å²) in [5, 5.41) is 3.78. The van der Waals surface area contributed by atoms with Gasteiger partial charge in [-0.1, -0.05) is 52.8 Å². The first-order chi connectivity index (χ1) is 13.4. The fourth-order valence-corrected chi connectivity index (χ4v) is 4.05. The Morgan fingerprint density at radius 1 is 1.39 bits per heavy atom. The Morgan fingerprint density at radius 3 is 2.71 bits per heavy atom. The Morgan fingerprint density at radius 2 is 2.11 bits per heavy atom. The number of carbonyl (C=O) groups is 1. The molecule has 1 N–H and O–H groups in total. The quantitative estimate of drug-likeness (QED) is 0.169. The molecule has 0 spiro atoms. The lowest BCUT2D eigenvalue weighted by Crippen LogP contribution is -2.38. The molecule has 11 heteroatoms. The summed E-state index contributed by atoms with van der Waals surface area (Å²) >= 11 is 2.00. The van der Waals surface area contributed by atoms with E-state index in [1.54, 1.807) is 37.3 Å². The predicted molar refractivity (Wildman–Crippen MR) is 107 cm³/mol. The van der Waals surface area contributed by atoms with E-state index in [1.165, 1.54) is 6.20 Å². The number of rotatable bonds is 5. The average Bonchev–Trinajstić information content (AvgIpc) is 2.95. The molecule has 1 aromatic carbocycles. The number of aromatic amines is 1. The van der Waals surface area contributed by atoms with Crippen molar-refractivity contribution < 1.29 is 14.3 Å². The second-order valence-electron chi connectivity index (χ2n) is 6.22. The zero-order valence-corrected chi connectivity index (χ0v) is 16.8. The Kier molecular flexibility index (Phi) is 5.87. The zero-order valence-electron chi connectivity index (χ0n) is 14.7. The summed E-state index contributed by atoms with van der Waals surface area (Å²) in [6.45, 7) is 1.72. The molecule has 1 aliphatic heterocycles. The summed E-state index contributed by atoms with van der Waals surface area (Å²) in [5.74, 6) is -1.16. The van der Waals surface area contributed by atoms with Crippen LogP contribution in [0.5, 0.6) is 0 Å². The molecule has 0 amide bonds. The van der Waals surface area contributed by atoms with E-state index in [0.717, 1.165) is 10.6 Å². The molecule has 28 heavy (non-hydrogen) atoms. The average molecular weight is 497 g/mol. The lowest BCUT2D eigenvalue weighted by atomic mass is 9.96. The van der Waals surface area contributed by atoms with Gasteiger partial charge in [-0.3, -0.25) is 14.3 Å². The van der Waals surface area contributed by atoms with Gasteiger partial charge in [-0.15, -0.1) is 0 Å². The van der Waals surface area contributed by atoms with Crippen molar-refractivity contribution in [2.24, 2.45) is 11.0 Å².